The third kappa shape index (κ3) is 3.17. The summed E-state index contributed by atoms with van der Waals surface area (Å²) in [6, 6.07) is 0. The Labute approximate surface area is 63.7 Å². The molecule has 0 saturated heterocycles. The Bertz CT molecular complexity index is 99.8. The van der Waals surface area contributed by atoms with Gasteiger partial charge in [0.25, 0.3) is 0 Å². The summed E-state index contributed by atoms with van der Waals surface area (Å²) in [6.07, 6.45) is 1.90. The summed E-state index contributed by atoms with van der Waals surface area (Å²) in [6.45, 7) is 6.42. The Morgan fingerprint density at radius 2 is 1.80 bits per heavy atom. The molecule has 0 aromatic heterocycles. The Hall–Kier alpha value is -0.100. The van der Waals surface area contributed by atoms with E-state index >= 15 is 0 Å². The van der Waals surface area contributed by atoms with Crippen molar-refractivity contribution in [3.8, 4) is 0 Å². The first kappa shape index (κ1) is 9.90. The van der Waals surface area contributed by atoms with Crippen LogP contribution in [0.3, 0.4) is 0 Å². The van der Waals surface area contributed by atoms with Gasteiger partial charge in [0.15, 0.2) is 0 Å². The van der Waals surface area contributed by atoms with Crippen LogP contribution in [0.15, 0.2) is 0 Å². The predicted octanol–water partition coefficient (Wildman–Crippen LogP) is 2.66. The van der Waals surface area contributed by atoms with Crippen LogP contribution in [0.1, 0.15) is 20.8 Å². The van der Waals surface area contributed by atoms with Crippen LogP contribution < -0.4 is 0 Å². The first-order valence-electron chi connectivity index (χ1n) is 3.67. The Kier molecular flexibility index (Phi) is 5.61. The topological polar surface area (TPSA) is 26.3 Å². The molecule has 0 aromatic carbocycles. The summed E-state index contributed by atoms with van der Waals surface area (Å²) in [4.78, 5) is 11.0. The summed E-state index contributed by atoms with van der Waals surface area (Å²) in [5, 5.41) is 0. The molecular weight excluding hydrogens is 147 g/mol. The van der Waals surface area contributed by atoms with E-state index in [1.807, 2.05) is 20.8 Å². The van der Waals surface area contributed by atoms with Crippen LogP contribution >= 0.6 is 7.92 Å². The molecule has 0 aliphatic heterocycles. The molecule has 0 rings (SSSR count). The lowest BCUT2D eigenvalue weighted by atomic mass is 10.9. The monoisotopic (exact) mass is 162 g/mol. The molecule has 0 unspecified atom stereocenters. The Morgan fingerprint density at radius 3 is 2.10 bits per heavy atom. The van der Waals surface area contributed by atoms with E-state index in [1.54, 1.807) is 0 Å². The molecule has 3 heteroatoms. The van der Waals surface area contributed by atoms with Crippen LogP contribution in [0.4, 0.5) is 4.79 Å². The van der Waals surface area contributed by atoms with Gasteiger partial charge in [0.05, 0.1) is 6.61 Å². The molecule has 0 aromatic rings. The van der Waals surface area contributed by atoms with Crippen LogP contribution in [0, 0.1) is 0 Å². The standard InChI is InChI=1S/C7H15O2P/c1-4-9-7(8)10(5-2)6-3/h4-6H2,1-3H3. The predicted molar refractivity (Wildman–Crippen MR) is 45.0 cm³/mol. The Morgan fingerprint density at radius 1 is 1.30 bits per heavy atom. The molecule has 0 atom stereocenters. The lowest BCUT2D eigenvalue weighted by molar-refractivity contribution is 0.180. The van der Waals surface area contributed by atoms with Gasteiger partial charge >= 0.3 is 5.71 Å². The highest BCUT2D eigenvalue weighted by Gasteiger charge is 2.13. The number of carbonyl (C=O) groups is 1. The first-order chi connectivity index (χ1) is 4.76. The second-order valence-electron chi connectivity index (χ2n) is 1.87. The molecule has 60 valence electrons. The fourth-order valence-corrected chi connectivity index (χ4v) is 1.97. The summed E-state index contributed by atoms with van der Waals surface area (Å²) < 4.78 is 4.88. The molecule has 10 heavy (non-hydrogen) atoms. The zero-order valence-corrected chi connectivity index (χ0v) is 7.78. The van der Waals surface area contributed by atoms with Crippen molar-refractivity contribution >= 4 is 13.6 Å². The number of hydrogen-bond acceptors (Lipinski definition) is 2. The van der Waals surface area contributed by atoms with Crippen molar-refractivity contribution in [3.05, 3.63) is 0 Å². The van der Waals surface area contributed by atoms with E-state index in [0.717, 1.165) is 12.3 Å². The summed E-state index contributed by atoms with van der Waals surface area (Å²) in [5.41, 5.74) is 0.0162. The minimum atomic E-state index is -0.484. The number of rotatable bonds is 4. The molecule has 0 saturated carbocycles. The third-order valence-corrected chi connectivity index (χ3v) is 3.46. The molecule has 0 amide bonds. The molecule has 0 aliphatic rings. The van der Waals surface area contributed by atoms with Crippen LogP contribution in [-0.2, 0) is 4.74 Å². The van der Waals surface area contributed by atoms with E-state index in [4.69, 9.17) is 4.74 Å². The molecule has 0 aliphatic carbocycles. The molecule has 0 bridgehead atoms. The van der Waals surface area contributed by atoms with Gasteiger partial charge in [-0.3, -0.25) is 0 Å². The highest BCUT2D eigenvalue weighted by atomic mass is 31.1. The number of hydrogen-bond donors (Lipinski definition) is 0. The van der Waals surface area contributed by atoms with Crippen LogP contribution in [0.2, 0.25) is 0 Å². The molecular formula is C7H15O2P. The number of carbonyl (C=O) groups excluding carboxylic acids is 1. The van der Waals surface area contributed by atoms with E-state index in [0.29, 0.717) is 6.61 Å². The molecule has 0 spiro atoms. The largest absolute Gasteiger partial charge is 0.463 e. The molecule has 0 heterocycles. The first-order valence-corrected chi connectivity index (χ1v) is 5.39. The lowest BCUT2D eigenvalue weighted by Crippen LogP contribution is -2.02. The van der Waals surface area contributed by atoms with Gasteiger partial charge in [-0.1, -0.05) is 13.8 Å². The summed E-state index contributed by atoms with van der Waals surface area (Å²) >= 11 is 0. The molecule has 0 fully saturated rings. The maximum atomic E-state index is 11.0. The van der Waals surface area contributed by atoms with Crippen molar-refractivity contribution in [1.82, 2.24) is 0 Å². The zero-order valence-electron chi connectivity index (χ0n) is 6.89. The van der Waals surface area contributed by atoms with E-state index in [1.165, 1.54) is 0 Å². The number of ether oxygens (including phenoxy) is 1. The van der Waals surface area contributed by atoms with Gasteiger partial charge in [0.2, 0.25) is 0 Å². The molecule has 2 nitrogen and oxygen atoms in total. The van der Waals surface area contributed by atoms with Crippen molar-refractivity contribution < 1.29 is 9.53 Å². The van der Waals surface area contributed by atoms with Gasteiger partial charge in [0.1, 0.15) is 0 Å². The van der Waals surface area contributed by atoms with Crippen molar-refractivity contribution in [1.29, 1.82) is 0 Å². The zero-order chi connectivity index (χ0) is 7.98. The average Bonchev–Trinajstić information content (AvgIpc) is 1.91. The summed E-state index contributed by atoms with van der Waals surface area (Å²) in [7, 11) is -0.484. The van der Waals surface area contributed by atoms with E-state index < -0.39 is 7.92 Å². The smallest absolute Gasteiger partial charge is 0.326 e. The van der Waals surface area contributed by atoms with Crippen LogP contribution in [0.25, 0.3) is 0 Å². The maximum Gasteiger partial charge on any atom is 0.326 e. The van der Waals surface area contributed by atoms with E-state index in [9.17, 15) is 4.79 Å². The minimum Gasteiger partial charge on any atom is -0.463 e. The second-order valence-corrected chi connectivity index (χ2v) is 4.58. The van der Waals surface area contributed by atoms with Crippen molar-refractivity contribution in [2.24, 2.45) is 0 Å². The van der Waals surface area contributed by atoms with E-state index in [-0.39, 0.29) is 5.71 Å². The highest BCUT2D eigenvalue weighted by Crippen LogP contribution is 2.36. The van der Waals surface area contributed by atoms with Gasteiger partial charge in [-0.15, -0.1) is 0 Å². The van der Waals surface area contributed by atoms with Gasteiger partial charge in [-0.25, -0.2) is 4.79 Å². The van der Waals surface area contributed by atoms with Gasteiger partial charge in [-0.05, 0) is 19.2 Å². The normalized spacial score (nSPS) is 10.0. The Balaban J connectivity index is 3.65. The van der Waals surface area contributed by atoms with Crippen molar-refractivity contribution in [2.75, 3.05) is 18.9 Å². The fraction of sp³-hybridized carbons (Fsp3) is 0.857. The fourth-order valence-electron chi connectivity index (χ4n) is 0.697. The maximum absolute atomic E-state index is 11.0. The van der Waals surface area contributed by atoms with Crippen molar-refractivity contribution in [2.45, 2.75) is 20.8 Å². The quantitative estimate of drug-likeness (QED) is 0.594. The molecule has 0 radical (unpaired) electrons. The third-order valence-electron chi connectivity index (χ3n) is 1.29. The highest BCUT2D eigenvalue weighted by molar-refractivity contribution is 7.74. The SMILES string of the molecule is CCOC(=O)P(CC)CC. The lowest BCUT2D eigenvalue weighted by Gasteiger charge is -2.09. The van der Waals surface area contributed by atoms with Crippen molar-refractivity contribution in [3.63, 3.8) is 0 Å². The average molecular weight is 162 g/mol. The van der Waals surface area contributed by atoms with Crippen LogP contribution in [-0.4, -0.2) is 24.6 Å². The van der Waals surface area contributed by atoms with Crippen LogP contribution in [0.5, 0.6) is 0 Å². The minimum absolute atomic E-state index is 0.0162. The van der Waals surface area contributed by atoms with Gasteiger partial charge < -0.3 is 4.74 Å². The van der Waals surface area contributed by atoms with Gasteiger partial charge in [-0.2, -0.15) is 0 Å². The second kappa shape index (κ2) is 5.67. The molecule has 0 N–H and O–H groups in total. The van der Waals surface area contributed by atoms with Gasteiger partial charge in [0, 0.05) is 7.92 Å². The summed E-state index contributed by atoms with van der Waals surface area (Å²) in [5.74, 6) is 0. The van der Waals surface area contributed by atoms with E-state index in [2.05, 4.69) is 0 Å².